The van der Waals surface area contributed by atoms with Crippen molar-refractivity contribution in [2.24, 2.45) is 5.92 Å². The summed E-state index contributed by atoms with van der Waals surface area (Å²) in [5.74, 6) is 1.24. The Morgan fingerprint density at radius 1 is 1.19 bits per heavy atom. The molecule has 2 amide bonds. The molecule has 1 heterocycles. The van der Waals surface area contributed by atoms with Crippen molar-refractivity contribution in [3.05, 3.63) is 35.4 Å². The van der Waals surface area contributed by atoms with Gasteiger partial charge in [0.2, 0.25) is 5.91 Å². The summed E-state index contributed by atoms with van der Waals surface area (Å²) >= 11 is 1.81. The third-order valence-corrected chi connectivity index (χ3v) is 7.29. The van der Waals surface area contributed by atoms with E-state index in [1.165, 1.54) is 32.1 Å². The number of thioether (sulfide) groups is 1. The Kier molecular flexibility index (Phi) is 7.22. The van der Waals surface area contributed by atoms with E-state index in [-0.39, 0.29) is 23.2 Å². The topological polar surface area (TPSA) is 49.4 Å². The summed E-state index contributed by atoms with van der Waals surface area (Å²) in [6, 6.07) is 7.38. The van der Waals surface area contributed by atoms with Crippen molar-refractivity contribution in [3.63, 3.8) is 0 Å². The van der Waals surface area contributed by atoms with E-state index in [1.807, 2.05) is 36.1 Å². The number of nitrogens with zero attached hydrogens (tertiary/aromatic N) is 1. The first-order valence-corrected chi connectivity index (χ1v) is 11.5. The second kappa shape index (κ2) is 9.63. The molecule has 3 rings (SSSR count). The summed E-state index contributed by atoms with van der Waals surface area (Å²) in [6.07, 6.45) is 8.13. The van der Waals surface area contributed by atoms with Gasteiger partial charge in [-0.1, -0.05) is 50.8 Å². The first-order valence-electron chi connectivity index (χ1n) is 10.4. The summed E-state index contributed by atoms with van der Waals surface area (Å²) < 4.78 is 0. The van der Waals surface area contributed by atoms with Crippen LogP contribution in [0.3, 0.4) is 0 Å². The van der Waals surface area contributed by atoms with E-state index in [1.54, 1.807) is 11.8 Å². The Hall–Kier alpha value is -1.49. The van der Waals surface area contributed by atoms with Gasteiger partial charge in [0, 0.05) is 17.9 Å². The minimum Gasteiger partial charge on any atom is -0.354 e. The molecule has 148 valence electrons. The van der Waals surface area contributed by atoms with Gasteiger partial charge in [0.05, 0.1) is 5.37 Å². The zero-order valence-electron chi connectivity index (χ0n) is 16.6. The highest BCUT2D eigenvalue weighted by Crippen LogP contribution is 2.41. The highest BCUT2D eigenvalue weighted by atomic mass is 32.2. The standard InChI is InChI=1S/C22H32N2O2S/c1-3-4-14-23-20(25)19-15-27-22(17-11-6-5-7-12-17)24(19)21(26)18-13-9-8-10-16(18)2/h8-10,13,17,19,22H,3-7,11-12,14-15H2,1-2H3,(H,23,25). The van der Waals surface area contributed by atoms with Crippen LogP contribution >= 0.6 is 11.8 Å². The third-order valence-electron chi connectivity index (χ3n) is 5.83. The summed E-state index contributed by atoms with van der Waals surface area (Å²) in [4.78, 5) is 28.3. The van der Waals surface area contributed by atoms with Crippen molar-refractivity contribution in [3.8, 4) is 0 Å². The number of aryl methyl sites for hydroxylation is 1. The Labute approximate surface area is 167 Å². The largest absolute Gasteiger partial charge is 0.354 e. The molecule has 1 aromatic rings. The zero-order valence-corrected chi connectivity index (χ0v) is 17.4. The molecule has 5 heteroatoms. The van der Waals surface area contributed by atoms with Gasteiger partial charge in [0.1, 0.15) is 6.04 Å². The molecule has 2 fully saturated rings. The normalized spacial score (nSPS) is 23.4. The molecule has 1 saturated carbocycles. The summed E-state index contributed by atoms with van der Waals surface area (Å²) in [7, 11) is 0. The number of nitrogens with one attached hydrogen (secondary N) is 1. The van der Waals surface area contributed by atoms with Crippen LogP contribution in [0.5, 0.6) is 0 Å². The Bertz CT molecular complexity index is 657. The van der Waals surface area contributed by atoms with Gasteiger partial charge in [-0.3, -0.25) is 9.59 Å². The lowest BCUT2D eigenvalue weighted by molar-refractivity contribution is -0.125. The first kappa shape index (κ1) is 20.2. The first-order chi connectivity index (χ1) is 13.1. The van der Waals surface area contributed by atoms with E-state index in [9.17, 15) is 9.59 Å². The average molecular weight is 389 g/mol. The van der Waals surface area contributed by atoms with Gasteiger partial charge >= 0.3 is 0 Å². The van der Waals surface area contributed by atoms with Gasteiger partial charge in [-0.25, -0.2) is 0 Å². The highest BCUT2D eigenvalue weighted by molar-refractivity contribution is 8.00. The van der Waals surface area contributed by atoms with Crippen molar-refractivity contribution < 1.29 is 9.59 Å². The number of amides is 2. The molecule has 2 unspecified atom stereocenters. The predicted octanol–water partition coefficient (Wildman–Crippen LogP) is 4.38. The fraction of sp³-hybridized carbons (Fsp3) is 0.636. The number of hydrogen-bond donors (Lipinski definition) is 1. The van der Waals surface area contributed by atoms with Crippen molar-refractivity contribution in [2.45, 2.75) is 70.2 Å². The van der Waals surface area contributed by atoms with Crippen LogP contribution in [0.25, 0.3) is 0 Å². The second-order valence-corrected chi connectivity index (χ2v) is 8.96. The predicted molar refractivity (Wildman–Crippen MR) is 112 cm³/mol. The van der Waals surface area contributed by atoms with E-state index in [0.29, 0.717) is 18.2 Å². The number of benzene rings is 1. The smallest absolute Gasteiger partial charge is 0.255 e. The molecule has 0 aromatic heterocycles. The third kappa shape index (κ3) is 4.68. The summed E-state index contributed by atoms with van der Waals surface area (Å²) in [5.41, 5.74) is 1.71. The summed E-state index contributed by atoms with van der Waals surface area (Å²) in [5, 5.41) is 3.18. The minimum atomic E-state index is -0.356. The van der Waals surface area contributed by atoms with E-state index < -0.39 is 0 Å². The maximum atomic E-state index is 13.5. The molecule has 1 N–H and O–H groups in total. The molecule has 1 saturated heterocycles. The van der Waals surface area contributed by atoms with Crippen molar-refractivity contribution >= 4 is 23.6 Å². The Morgan fingerprint density at radius 3 is 2.63 bits per heavy atom. The van der Waals surface area contributed by atoms with Crippen molar-refractivity contribution in [1.29, 1.82) is 0 Å². The van der Waals surface area contributed by atoms with E-state index in [2.05, 4.69) is 12.2 Å². The Balaban J connectivity index is 1.83. The Morgan fingerprint density at radius 2 is 1.93 bits per heavy atom. The lowest BCUT2D eigenvalue weighted by Crippen LogP contribution is -2.51. The average Bonchev–Trinajstić information content (AvgIpc) is 3.14. The molecule has 2 atom stereocenters. The van der Waals surface area contributed by atoms with Gasteiger partial charge in [-0.15, -0.1) is 11.8 Å². The molecule has 0 spiro atoms. The molecule has 0 bridgehead atoms. The fourth-order valence-electron chi connectivity index (χ4n) is 4.23. The van der Waals surface area contributed by atoms with Crippen LogP contribution in [0.2, 0.25) is 0 Å². The zero-order chi connectivity index (χ0) is 19.2. The van der Waals surface area contributed by atoms with Crippen LogP contribution < -0.4 is 5.32 Å². The van der Waals surface area contributed by atoms with Crippen LogP contribution in [-0.4, -0.2) is 40.4 Å². The molecule has 0 radical (unpaired) electrons. The van der Waals surface area contributed by atoms with Gasteiger partial charge in [-0.2, -0.15) is 0 Å². The second-order valence-electron chi connectivity index (χ2n) is 7.81. The molecule has 2 aliphatic rings. The monoisotopic (exact) mass is 388 g/mol. The quantitative estimate of drug-likeness (QED) is 0.736. The molecular weight excluding hydrogens is 356 g/mol. The van der Waals surface area contributed by atoms with Gasteiger partial charge < -0.3 is 10.2 Å². The minimum absolute atomic E-state index is 0.0104. The van der Waals surface area contributed by atoms with Crippen LogP contribution in [0.15, 0.2) is 24.3 Å². The van der Waals surface area contributed by atoms with Crippen LogP contribution in [0.4, 0.5) is 0 Å². The maximum Gasteiger partial charge on any atom is 0.255 e. The lowest BCUT2D eigenvalue weighted by atomic mass is 9.88. The molecule has 1 aliphatic carbocycles. The van der Waals surface area contributed by atoms with Crippen LogP contribution in [0.1, 0.15) is 67.8 Å². The van der Waals surface area contributed by atoms with Gasteiger partial charge in [-0.05, 0) is 43.7 Å². The molecule has 1 aliphatic heterocycles. The van der Waals surface area contributed by atoms with E-state index in [4.69, 9.17) is 0 Å². The van der Waals surface area contributed by atoms with E-state index in [0.717, 1.165) is 24.0 Å². The SMILES string of the molecule is CCCCNC(=O)C1CSC(C2CCCCC2)N1C(=O)c1ccccc1C. The van der Waals surface area contributed by atoms with Gasteiger partial charge in [0.15, 0.2) is 0 Å². The molecule has 27 heavy (non-hydrogen) atoms. The molecular formula is C22H32N2O2S. The van der Waals surface area contributed by atoms with Crippen molar-refractivity contribution in [1.82, 2.24) is 10.2 Å². The van der Waals surface area contributed by atoms with Gasteiger partial charge in [0.25, 0.3) is 5.91 Å². The number of rotatable bonds is 6. The van der Waals surface area contributed by atoms with Crippen LogP contribution in [-0.2, 0) is 4.79 Å². The number of unbranched alkanes of at least 4 members (excludes halogenated alkanes) is 1. The number of hydrogen-bond acceptors (Lipinski definition) is 3. The molecule has 4 nitrogen and oxygen atoms in total. The van der Waals surface area contributed by atoms with Crippen molar-refractivity contribution in [2.75, 3.05) is 12.3 Å². The van der Waals surface area contributed by atoms with Crippen LogP contribution in [0, 0.1) is 12.8 Å². The summed E-state index contributed by atoms with van der Waals surface area (Å²) in [6.45, 7) is 4.78. The number of carbonyl (C=O) groups is 2. The van der Waals surface area contributed by atoms with E-state index >= 15 is 0 Å². The lowest BCUT2D eigenvalue weighted by Gasteiger charge is -2.35. The number of carbonyl (C=O) groups excluding carboxylic acids is 2. The maximum absolute atomic E-state index is 13.5. The fourth-order valence-corrected chi connectivity index (χ4v) is 5.87. The molecule has 1 aromatic carbocycles. The highest BCUT2D eigenvalue weighted by Gasteiger charge is 2.45.